The second kappa shape index (κ2) is 8.27. The summed E-state index contributed by atoms with van der Waals surface area (Å²) in [7, 11) is 0. The summed E-state index contributed by atoms with van der Waals surface area (Å²) in [6.45, 7) is 6.87. The van der Waals surface area contributed by atoms with E-state index in [1.807, 2.05) is 4.90 Å². The lowest BCUT2D eigenvalue weighted by molar-refractivity contribution is -0.138. The Labute approximate surface area is 172 Å². The Kier molecular flexibility index (Phi) is 6.09. The first-order valence-corrected chi connectivity index (χ1v) is 9.88. The van der Waals surface area contributed by atoms with Crippen LogP contribution in [0.3, 0.4) is 0 Å². The molecule has 166 valence electrons. The fourth-order valence-corrected chi connectivity index (χ4v) is 3.66. The van der Waals surface area contributed by atoms with Crippen LogP contribution in [0.2, 0.25) is 0 Å². The molecule has 0 saturated carbocycles. The molecule has 2 amide bonds. The second-order valence-electron chi connectivity index (χ2n) is 8.51. The molecule has 8 nitrogen and oxygen atoms in total. The molecule has 30 heavy (non-hydrogen) atoms. The van der Waals surface area contributed by atoms with Crippen molar-refractivity contribution < 1.29 is 27.5 Å². The van der Waals surface area contributed by atoms with E-state index in [2.05, 4.69) is 15.3 Å². The summed E-state index contributed by atoms with van der Waals surface area (Å²) >= 11 is 0. The van der Waals surface area contributed by atoms with E-state index in [-0.39, 0.29) is 17.9 Å². The third-order valence-corrected chi connectivity index (χ3v) is 5.08. The molecule has 1 aromatic rings. The molecular weight excluding hydrogens is 403 g/mol. The van der Waals surface area contributed by atoms with Crippen LogP contribution in [0, 0.1) is 0 Å². The van der Waals surface area contributed by atoms with Crippen LogP contribution in [0.1, 0.15) is 45.6 Å². The summed E-state index contributed by atoms with van der Waals surface area (Å²) in [5.41, 5.74) is -1.52. The Morgan fingerprint density at radius 1 is 1.10 bits per heavy atom. The van der Waals surface area contributed by atoms with Crippen LogP contribution >= 0.6 is 0 Å². The highest BCUT2D eigenvalue weighted by atomic mass is 19.4. The molecule has 1 aromatic heterocycles. The zero-order chi connectivity index (χ0) is 22.1. The van der Waals surface area contributed by atoms with Gasteiger partial charge in [-0.3, -0.25) is 4.79 Å². The van der Waals surface area contributed by atoms with Crippen LogP contribution in [0.4, 0.5) is 23.9 Å². The Morgan fingerprint density at radius 2 is 1.70 bits per heavy atom. The van der Waals surface area contributed by atoms with Crippen molar-refractivity contribution in [3.8, 4) is 0 Å². The van der Waals surface area contributed by atoms with Gasteiger partial charge in [-0.1, -0.05) is 0 Å². The lowest BCUT2D eigenvalue weighted by Gasteiger charge is -2.36. The van der Waals surface area contributed by atoms with E-state index in [0.29, 0.717) is 38.9 Å². The number of carbonyl (C=O) groups excluding carboxylic acids is 2. The van der Waals surface area contributed by atoms with Crippen molar-refractivity contribution in [3.63, 3.8) is 0 Å². The smallest absolute Gasteiger partial charge is 0.419 e. The minimum absolute atomic E-state index is 0.00800. The fraction of sp³-hybridized carbons (Fsp3) is 0.684. The number of amides is 2. The van der Waals surface area contributed by atoms with Gasteiger partial charge < -0.3 is 19.9 Å². The van der Waals surface area contributed by atoms with E-state index in [0.717, 1.165) is 12.4 Å². The van der Waals surface area contributed by atoms with E-state index in [9.17, 15) is 22.8 Å². The van der Waals surface area contributed by atoms with E-state index in [1.165, 1.54) is 0 Å². The number of hydrogen-bond donors (Lipinski definition) is 1. The molecular formula is C19H26F3N5O3. The van der Waals surface area contributed by atoms with Gasteiger partial charge in [-0.15, -0.1) is 0 Å². The number of nitrogens with one attached hydrogen (secondary N) is 1. The number of carbonyl (C=O) groups is 2. The first kappa shape index (κ1) is 22.1. The standard InChI is InChI=1S/C19H26F3N5O3/c1-18(2,3)30-17(29)25-14-6-9-27(15(14)28)13-4-7-26(8-5-13)16-23-10-12(11-24-16)19(20,21)22/h10-11,13-14H,4-9H2,1-3H3,(H,25,29). The number of aromatic nitrogens is 2. The summed E-state index contributed by atoms with van der Waals surface area (Å²) in [5, 5.41) is 2.63. The molecule has 3 heterocycles. The van der Waals surface area contributed by atoms with Gasteiger partial charge in [0.15, 0.2) is 0 Å². The number of ether oxygens (including phenoxy) is 1. The number of piperidine rings is 1. The van der Waals surface area contributed by atoms with Gasteiger partial charge in [0.1, 0.15) is 11.6 Å². The molecule has 3 rings (SSSR count). The summed E-state index contributed by atoms with van der Waals surface area (Å²) in [6.07, 6.45) is -1.70. The number of alkyl carbamates (subject to hydrolysis) is 1. The molecule has 2 fully saturated rings. The Bertz CT molecular complexity index is 771. The average Bonchev–Trinajstić information content (AvgIpc) is 3.00. The lowest BCUT2D eigenvalue weighted by Crippen LogP contribution is -2.49. The van der Waals surface area contributed by atoms with Gasteiger partial charge in [-0.05, 0) is 40.0 Å². The molecule has 1 unspecified atom stereocenters. The maximum atomic E-state index is 12.7. The molecule has 0 radical (unpaired) electrons. The molecule has 2 aliphatic rings. The monoisotopic (exact) mass is 429 g/mol. The first-order chi connectivity index (χ1) is 13.9. The summed E-state index contributed by atoms with van der Waals surface area (Å²) < 4.78 is 43.2. The van der Waals surface area contributed by atoms with Gasteiger partial charge in [-0.2, -0.15) is 13.2 Å². The lowest BCUT2D eigenvalue weighted by atomic mass is 10.0. The van der Waals surface area contributed by atoms with Crippen molar-refractivity contribution in [2.24, 2.45) is 0 Å². The third kappa shape index (κ3) is 5.31. The largest absolute Gasteiger partial charge is 0.444 e. The highest BCUT2D eigenvalue weighted by Crippen LogP contribution is 2.29. The number of hydrogen-bond acceptors (Lipinski definition) is 6. The minimum Gasteiger partial charge on any atom is -0.444 e. The van der Waals surface area contributed by atoms with E-state index >= 15 is 0 Å². The van der Waals surface area contributed by atoms with Gasteiger partial charge in [0.2, 0.25) is 11.9 Å². The van der Waals surface area contributed by atoms with Crippen LogP contribution in [-0.4, -0.2) is 64.2 Å². The van der Waals surface area contributed by atoms with Crippen molar-refractivity contribution in [1.82, 2.24) is 20.2 Å². The number of alkyl halides is 3. The van der Waals surface area contributed by atoms with Gasteiger partial charge >= 0.3 is 12.3 Å². The second-order valence-corrected chi connectivity index (χ2v) is 8.51. The van der Waals surface area contributed by atoms with E-state index in [4.69, 9.17) is 4.74 Å². The van der Waals surface area contributed by atoms with Gasteiger partial charge in [0.25, 0.3) is 0 Å². The van der Waals surface area contributed by atoms with Crippen LogP contribution < -0.4 is 10.2 Å². The normalized spacial score (nSPS) is 21.1. The van der Waals surface area contributed by atoms with Crippen LogP contribution in [0.5, 0.6) is 0 Å². The fourth-order valence-electron chi connectivity index (χ4n) is 3.66. The number of likely N-dealkylation sites (tertiary alicyclic amines) is 1. The maximum Gasteiger partial charge on any atom is 0.419 e. The minimum atomic E-state index is -4.47. The molecule has 2 aliphatic heterocycles. The van der Waals surface area contributed by atoms with E-state index < -0.39 is 29.5 Å². The van der Waals surface area contributed by atoms with Crippen molar-refractivity contribution in [2.45, 2.75) is 63.9 Å². The molecule has 0 aliphatic carbocycles. The Balaban J connectivity index is 1.52. The number of rotatable bonds is 3. The predicted octanol–water partition coefficient (Wildman–Crippen LogP) is 2.59. The predicted molar refractivity (Wildman–Crippen MR) is 102 cm³/mol. The number of anilines is 1. The SMILES string of the molecule is CC(C)(C)OC(=O)NC1CCN(C2CCN(c3ncc(C(F)(F)F)cn3)CC2)C1=O. The Morgan fingerprint density at radius 3 is 2.23 bits per heavy atom. The van der Waals surface area contributed by atoms with Gasteiger partial charge in [-0.25, -0.2) is 14.8 Å². The van der Waals surface area contributed by atoms with Crippen molar-refractivity contribution in [2.75, 3.05) is 24.5 Å². The first-order valence-electron chi connectivity index (χ1n) is 9.88. The van der Waals surface area contributed by atoms with Crippen LogP contribution in [0.15, 0.2) is 12.4 Å². The number of nitrogens with zero attached hydrogens (tertiary/aromatic N) is 4. The zero-order valence-corrected chi connectivity index (χ0v) is 17.2. The third-order valence-electron chi connectivity index (χ3n) is 5.08. The molecule has 11 heteroatoms. The molecule has 0 aromatic carbocycles. The molecule has 0 bridgehead atoms. The van der Waals surface area contributed by atoms with Gasteiger partial charge in [0.05, 0.1) is 5.56 Å². The molecule has 1 atom stereocenters. The molecule has 2 saturated heterocycles. The summed E-state index contributed by atoms with van der Waals surface area (Å²) in [4.78, 5) is 35.9. The Hall–Kier alpha value is -2.59. The van der Waals surface area contributed by atoms with Crippen LogP contribution in [-0.2, 0) is 15.7 Å². The average molecular weight is 429 g/mol. The summed E-state index contributed by atoms with van der Waals surface area (Å²) in [5.74, 6) is 0.115. The van der Waals surface area contributed by atoms with Crippen LogP contribution in [0.25, 0.3) is 0 Å². The quantitative estimate of drug-likeness (QED) is 0.795. The zero-order valence-electron chi connectivity index (χ0n) is 17.2. The van der Waals surface area contributed by atoms with Crippen molar-refractivity contribution >= 4 is 17.9 Å². The maximum absolute atomic E-state index is 12.7. The molecule has 1 N–H and O–H groups in total. The number of halogens is 3. The van der Waals surface area contributed by atoms with Crippen molar-refractivity contribution in [1.29, 1.82) is 0 Å². The molecule has 0 spiro atoms. The highest BCUT2D eigenvalue weighted by molar-refractivity contribution is 5.87. The topological polar surface area (TPSA) is 87.7 Å². The summed E-state index contributed by atoms with van der Waals surface area (Å²) in [6, 6.07) is -0.593. The van der Waals surface area contributed by atoms with E-state index in [1.54, 1.807) is 25.7 Å². The highest BCUT2D eigenvalue weighted by Gasteiger charge is 2.39. The van der Waals surface area contributed by atoms with Gasteiger partial charge in [0, 0.05) is 38.1 Å². The van der Waals surface area contributed by atoms with Crippen molar-refractivity contribution in [3.05, 3.63) is 18.0 Å².